The minimum atomic E-state index is -3.85. The number of phenols is 1. The van der Waals surface area contributed by atoms with Gasteiger partial charge in [-0.3, -0.25) is 0 Å². The minimum absolute atomic E-state index is 0.0160. The summed E-state index contributed by atoms with van der Waals surface area (Å²) in [6.07, 6.45) is 4.42. The Morgan fingerprint density at radius 1 is 1.37 bits per heavy atom. The van der Waals surface area contributed by atoms with Gasteiger partial charge in [0.2, 0.25) is 0 Å². The number of allylic oxidation sites excluding steroid dienone is 4. The van der Waals surface area contributed by atoms with Gasteiger partial charge in [-0.2, -0.15) is 0 Å². The Hall–Kier alpha value is -2.10. The summed E-state index contributed by atoms with van der Waals surface area (Å²) in [6.45, 7) is 1.91. The zero-order valence-corrected chi connectivity index (χ0v) is 16.0. The highest BCUT2D eigenvalue weighted by Crippen LogP contribution is 2.39. The summed E-state index contributed by atoms with van der Waals surface area (Å²) >= 11 is 5.99. The molecule has 0 saturated carbocycles. The number of carbonyl (C=O) groups excluding carboxylic acids is 1. The molecule has 1 aliphatic carbocycles. The van der Waals surface area contributed by atoms with Crippen LogP contribution < -0.4 is 16.0 Å². The number of hydrogen-bond donors (Lipinski definition) is 4. The zero-order valence-electron chi connectivity index (χ0n) is 14.4. The second-order valence-electron chi connectivity index (χ2n) is 6.68. The van der Waals surface area contributed by atoms with Crippen LogP contribution in [0.2, 0.25) is 5.02 Å². The fourth-order valence-corrected chi connectivity index (χ4v) is 5.01. The summed E-state index contributed by atoms with van der Waals surface area (Å²) in [5, 5.41) is 17.3. The first-order chi connectivity index (χ1) is 12.6. The number of sulfone groups is 1. The van der Waals surface area contributed by atoms with Gasteiger partial charge in [-0.25, -0.2) is 17.6 Å². The highest BCUT2D eigenvalue weighted by Gasteiger charge is 2.37. The van der Waals surface area contributed by atoms with Crippen molar-refractivity contribution in [2.24, 2.45) is 0 Å². The SMILES string of the molecule is CC1(F)C=CC=C(NC(=O)Nc2ccc(Cl)c(S(=O)(=O)C3CNC3)c2O)C1. The molecule has 7 nitrogen and oxygen atoms in total. The van der Waals surface area contributed by atoms with E-state index >= 15 is 0 Å². The number of carbonyl (C=O) groups is 1. The predicted octanol–water partition coefficient (Wildman–Crippen LogP) is 2.48. The van der Waals surface area contributed by atoms with E-state index in [1.807, 2.05) is 0 Å². The average Bonchev–Trinajstić information content (AvgIpc) is 2.46. The summed E-state index contributed by atoms with van der Waals surface area (Å²) in [7, 11) is -3.85. The number of benzene rings is 1. The van der Waals surface area contributed by atoms with Crippen LogP contribution in [-0.2, 0) is 9.84 Å². The van der Waals surface area contributed by atoms with E-state index in [0.29, 0.717) is 5.70 Å². The number of urea groups is 1. The van der Waals surface area contributed by atoms with Gasteiger partial charge in [-0.1, -0.05) is 17.7 Å². The number of hydrogen-bond acceptors (Lipinski definition) is 5. The van der Waals surface area contributed by atoms with Crippen molar-refractivity contribution >= 4 is 33.2 Å². The molecule has 1 unspecified atom stereocenters. The molecule has 4 N–H and O–H groups in total. The maximum atomic E-state index is 14.0. The maximum absolute atomic E-state index is 14.0. The quantitative estimate of drug-likeness (QED) is 0.565. The molecule has 146 valence electrons. The third kappa shape index (κ3) is 4.10. The molecule has 1 aromatic carbocycles. The number of rotatable bonds is 4. The van der Waals surface area contributed by atoms with Gasteiger partial charge in [-0.05, 0) is 31.2 Å². The van der Waals surface area contributed by atoms with E-state index in [-0.39, 0.29) is 30.2 Å². The molecule has 1 atom stereocenters. The molecule has 1 aromatic rings. The van der Waals surface area contributed by atoms with E-state index in [1.54, 1.807) is 6.08 Å². The third-order valence-corrected chi connectivity index (χ3v) is 6.97. The van der Waals surface area contributed by atoms with Gasteiger partial charge in [0.1, 0.15) is 10.6 Å². The lowest BCUT2D eigenvalue weighted by Crippen LogP contribution is -2.51. The molecule has 1 fully saturated rings. The molecule has 27 heavy (non-hydrogen) atoms. The van der Waals surface area contributed by atoms with E-state index in [9.17, 15) is 22.7 Å². The third-order valence-electron chi connectivity index (χ3n) is 4.35. The predicted molar refractivity (Wildman–Crippen MR) is 100 cm³/mol. The Morgan fingerprint density at radius 3 is 2.67 bits per heavy atom. The van der Waals surface area contributed by atoms with Crippen molar-refractivity contribution in [2.45, 2.75) is 29.2 Å². The number of anilines is 1. The van der Waals surface area contributed by atoms with Gasteiger partial charge in [-0.15, -0.1) is 0 Å². The van der Waals surface area contributed by atoms with Crippen LogP contribution in [0.15, 0.2) is 41.0 Å². The maximum Gasteiger partial charge on any atom is 0.323 e. The van der Waals surface area contributed by atoms with E-state index in [2.05, 4.69) is 16.0 Å². The minimum Gasteiger partial charge on any atom is -0.504 e. The highest BCUT2D eigenvalue weighted by atomic mass is 35.5. The van der Waals surface area contributed by atoms with Gasteiger partial charge < -0.3 is 21.1 Å². The molecule has 2 aliphatic rings. The number of phenolic OH excluding ortho intramolecular Hbond substituents is 1. The molecule has 0 radical (unpaired) electrons. The Bertz CT molecular complexity index is 940. The molecule has 1 saturated heterocycles. The molecule has 0 bridgehead atoms. The Morgan fingerprint density at radius 2 is 2.07 bits per heavy atom. The van der Waals surface area contributed by atoms with E-state index in [1.165, 1.54) is 31.2 Å². The molecule has 2 amide bonds. The van der Waals surface area contributed by atoms with Crippen molar-refractivity contribution in [1.82, 2.24) is 10.6 Å². The topological polar surface area (TPSA) is 108 Å². The molecule has 0 spiro atoms. The Kier molecular flexibility index (Phi) is 5.20. The summed E-state index contributed by atoms with van der Waals surface area (Å²) < 4.78 is 39.2. The van der Waals surface area contributed by atoms with Crippen LogP contribution in [0.1, 0.15) is 13.3 Å². The van der Waals surface area contributed by atoms with Gasteiger partial charge in [0.05, 0.1) is 16.0 Å². The zero-order chi connectivity index (χ0) is 19.8. The first-order valence-corrected chi connectivity index (χ1v) is 10.1. The molecule has 1 heterocycles. The van der Waals surface area contributed by atoms with Gasteiger partial charge >= 0.3 is 6.03 Å². The van der Waals surface area contributed by atoms with Crippen LogP contribution >= 0.6 is 11.6 Å². The van der Waals surface area contributed by atoms with E-state index < -0.39 is 37.4 Å². The summed E-state index contributed by atoms with van der Waals surface area (Å²) in [5.41, 5.74) is -1.34. The molecular formula is C17H19ClFN3O4S. The van der Waals surface area contributed by atoms with Gasteiger partial charge in [0.25, 0.3) is 0 Å². The van der Waals surface area contributed by atoms with Gasteiger partial charge in [0, 0.05) is 25.2 Å². The number of aromatic hydroxyl groups is 1. The summed E-state index contributed by atoms with van der Waals surface area (Å²) in [4.78, 5) is 11.8. The summed E-state index contributed by atoms with van der Waals surface area (Å²) in [5.74, 6) is -0.627. The highest BCUT2D eigenvalue weighted by molar-refractivity contribution is 7.92. The molecule has 1 aliphatic heterocycles. The van der Waals surface area contributed by atoms with Crippen LogP contribution in [0, 0.1) is 0 Å². The lowest BCUT2D eigenvalue weighted by Gasteiger charge is -2.27. The molecule has 3 rings (SSSR count). The number of halogens is 2. The lowest BCUT2D eigenvalue weighted by molar-refractivity contribution is 0.242. The van der Waals surface area contributed by atoms with Crippen molar-refractivity contribution < 1.29 is 22.7 Å². The van der Waals surface area contributed by atoms with E-state index in [4.69, 9.17) is 11.6 Å². The smallest absolute Gasteiger partial charge is 0.323 e. The fraction of sp³-hybridized carbons (Fsp3) is 0.353. The first-order valence-electron chi connectivity index (χ1n) is 8.21. The summed E-state index contributed by atoms with van der Waals surface area (Å²) in [6, 6.07) is 1.85. The normalized spacial score (nSPS) is 22.7. The van der Waals surface area contributed by atoms with Crippen LogP contribution in [0.3, 0.4) is 0 Å². The van der Waals surface area contributed by atoms with Crippen molar-refractivity contribution in [3.05, 3.63) is 41.1 Å². The number of nitrogens with one attached hydrogen (secondary N) is 3. The van der Waals surface area contributed by atoms with Crippen molar-refractivity contribution in [2.75, 3.05) is 18.4 Å². The second kappa shape index (κ2) is 7.14. The number of amides is 2. The molecular weight excluding hydrogens is 397 g/mol. The largest absolute Gasteiger partial charge is 0.504 e. The van der Waals surface area contributed by atoms with Crippen LogP contribution in [-0.4, -0.2) is 43.6 Å². The fourth-order valence-electron chi connectivity index (χ4n) is 2.81. The van der Waals surface area contributed by atoms with Crippen molar-refractivity contribution in [3.63, 3.8) is 0 Å². The first kappa shape index (κ1) is 19.7. The van der Waals surface area contributed by atoms with E-state index in [0.717, 1.165) is 0 Å². The standard InChI is InChI=1S/C17H19ClFN3O4S/c1-17(19)6-2-3-10(7-17)21-16(24)22-13-5-4-12(18)15(14(13)23)27(25,26)11-8-20-9-11/h2-6,11,20,23H,7-9H2,1H3,(H2,21,22,24). The van der Waals surface area contributed by atoms with Crippen molar-refractivity contribution in [1.29, 1.82) is 0 Å². The van der Waals surface area contributed by atoms with Crippen LogP contribution in [0.4, 0.5) is 14.9 Å². The molecule has 10 heteroatoms. The van der Waals surface area contributed by atoms with Crippen LogP contribution in [0.25, 0.3) is 0 Å². The van der Waals surface area contributed by atoms with Gasteiger partial charge in [0.15, 0.2) is 15.6 Å². The average molecular weight is 416 g/mol. The van der Waals surface area contributed by atoms with Crippen LogP contribution in [0.5, 0.6) is 5.75 Å². The second-order valence-corrected chi connectivity index (χ2v) is 9.26. The van der Waals surface area contributed by atoms with Crippen molar-refractivity contribution in [3.8, 4) is 5.75 Å². The lowest BCUT2D eigenvalue weighted by atomic mass is 9.97. The Labute approximate surface area is 161 Å². The number of alkyl halides is 1. The Balaban J connectivity index is 1.80. The molecule has 0 aromatic heterocycles. The monoisotopic (exact) mass is 415 g/mol.